The van der Waals surface area contributed by atoms with Crippen molar-refractivity contribution >= 4 is 17.2 Å². The second-order valence-corrected chi connectivity index (χ2v) is 6.41. The van der Waals surface area contributed by atoms with Gasteiger partial charge in [0.25, 0.3) is 0 Å². The molecular weight excluding hydrogens is 308 g/mol. The summed E-state index contributed by atoms with van der Waals surface area (Å²) in [6.45, 7) is 0. The number of para-hydroxylation sites is 1. The van der Waals surface area contributed by atoms with Gasteiger partial charge in [-0.25, -0.2) is 0 Å². The smallest absolute Gasteiger partial charge is 0.174 e. The van der Waals surface area contributed by atoms with Gasteiger partial charge in [-0.2, -0.15) is 5.10 Å². The molecule has 3 aromatic carbocycles. The summed E-state index contributed by atoms with van der Waals surface area (Å²) >= 11 is 0. The number of carbonyl (C=O) groups is 1. The molecule has 3 aromatic rings. The third-order valence-electron chi connectivity index (χ3n) is 5.01. The van der Waals surface area contributed by atoms with Gasteiger partial charge in [-0.1, -0.05) is 72.8 Å². The number of hydrazone groups is 1. The molecule has 0 radical (unpaired) electrons. The Balaban J connectivity index is 1.71. The lowest BCUT2D eigenvalue weighted by molar-refractivity contribution is 0.0963. The third-order valence-corrected chi connectivity index (χ3v) is 5.01. The van der Waals surface area contributed by atoms with E-state index in [1.807, 2.05) is 83.9 Å². The van der Waals surface area contributed by atoms with Gasteiger partial charge in [0.05, 0.1) is 23.4 Å². The van der Waals surface area contributed by atoms with Crippen LogP contribution < -0.4 is 5.01 Å². The molecule has 0 saturated heterocycles. The van der Waals surface area contributed by atoms with E-state index in [0.717, 1.165) is 28.1 Å². The van der Waals surface area contributed by atoms with Gasteiger partial charge < -0.3 is 0 Å². The predicted octanol–water partition coefficient (Wildman–Crippen LogP) is 4.46. The van der Waals surface area contributed by atoms with E-state index >= 15 is 0 Å². The van der Waals surface area contributed by atoms with E-state index < -0.39 is 0 Å². The van der Waals surface area contributed by atoms with Gasteiger partial charge in [-0.05, 0) is 23.3 Å². The molecule has 0 saturated carbocycles. The quantitative estimate of drug-likeness (QED) is 0.697. The summed E-state index contributed by atoms with van der Waals surface area (Å²) in [7, 11) is 0. The lowest BCUT2D eigenvalue weighted by atomic mass is 9.91. The first kappa shape index (κ1) is 14.2. The van der Waals surface area contributed by atoms with E-state index in [1.165, 1.54) is 0 Å². The van der Waals surface area contributed by atoms with Gasteiger partial charge in [0.1, 0.15) is 0 Å². The summed E-state index contributed by atoms with van der Waals surface area (Å²) < 4.78 is 0. The normalized spacial score (nSPS) is 21.0. The highest BCUT2D eigenvalue weighted by molar-refractivity contribution is 6.23. The molecule has 120 valence electrons. The summed E-state index contributed by atoms with van der Waals surface area (Å²) in [5.74, 6) is -0.0818. The molecule has 0 aromatic heterocycles. The van der Waals surface area contributed by atoms with Gasteiger partial charge in [-0.3, -0.25) is 9.80 Å². The van der Waals surface area contributed by atoms with Crippen LogP contribution in [0.5, 0.6) is 0 Å². The minimum atomic E-state index is -0.250. The number of ketones is 1. The van der Waals surface area contributed by atoms with E-state index in [-0.39, 0.29) is 17.7 Å². The van der Waals surface area contributed by atoms with Gasteiger partial charge >= 0.3 is 0 Å². The number of benzene rings is 3. The topological polar surface area (TPSA) is 32.7 Å². The Morgan fingerprint density at radius 2 is 1.40 bits per heavy atom. The SMILES string of the molecule is O=C1c2ccccc2C2C1C(c1ccccc1)=NN2c1ccccc1. The molecule has 2 atom stereocenters. The van der Waals surface area contributed by atoms with E-state index in [0.29, 0.717) is 0 Å². The number of fused-ring (bicyclic) bond motifs is 3. The van der Waals surface area contributed by atoms with Crippen LogP contribution in [-0.4, -0.2) is 11.5 Å². The lowest BCUT2D eigenvalue weighted by Gasteiger charge is -2.23. The first-order chi connectivity index (χ1) is 12.3. The van der Waals surface area contributed by atoms with E-state index in [4.69, 9.17) is 5.10 Å². The van der Waals surface area contributed by atoms with Crippen molar-refractivity contribution in [1.82, 2.24) is 0 Å². The molecule has 0 bridgehead atoms. The predicted molar refractivity (Wildman–Crippen MR) is 98.9 cm³/mol. The van der Waals surface area contributed by atoms with Gasteiger partial charge in [-0.15, -0.1) is 0 Å². The highest BCUT2D eigenvalue weighted by Crippen LogP contribution is 2.47. The van der Waals surface area contributed by atoms with Crippen molar-refractivity contribution in [3.05, 3.63) is 102 Å². The van der Waals surface area contributed by atoms with Crippen LogP contribution in [0, 0.1) is 5.92 Å². The summed E-state index contributed by atoms with van der Waals surface area (Å²) in [6, 6.07) is 28.0. The van der Waals surface area contributed by atoms with E-state index in [2.05, 4.69) is 6.07 Å². The molecule has 25 heavy (non-hydrogen) atoms. The van der Waals surface area contributed by atoms with Crippen LogP contribution in [0.2, 0.25) is 0 Å². The Labute approximate surface area is 146 Å². The fourth-order valence-electron chi connectivity index (χ4n) is 3.90. The van der Waals surface area contributed by atoms with Crippen molar-refractivity contribution in [2.45, 2.75) is 6.04 Å². The minimum absolute atomic E-state index is 0.0682. The Bertz CT molecular complexity index is 979. The highest BCUT2D eigenvalue weighted by atomic mass is 16.1. The molecule has 5 rings (SSSR count). The van der Waals surface area contributed by atoms with Crippen molar-refractivity contribution < 1.29 is 4.79 Å². The number of hydrogen-bond acceptors (Lipinski definition) is 3. The number of Topliss-reactive ketones (excluding diaryl/α,β-unsaturated/α-hetero) is 1. The summed E-state index contributed by atoms with van der Waals surface area (Å²) in [4.78, 5) is 13.1. The zero-order chi connectivity index (χ0) is 16.8. The van der Waals surface area contributed by atoms with Crippen LogP contribution in [-0.2, 0) is 0 Å². The first-order valence-corrected chi connectivity index (χ1v) is 8.46. The zero-order valence-corrected chi connectivity index (χ0v) is 13.5. The number of anilines is 1. The van der Waals surface area contributed by atoms with Crippen molar-refractivity contribution in [2.75, 3.05) is 5.01 Å². The Morgan fingerprint density at radius 1 is 0.760 bits per heavy atom. The number of hydrogen-bond donors (Lipinski definition) is 0. The highest BCUT2D eigenvalue weighted by Gasteiger charge is 2.50. The van der Waals surface area contributed by atoms with Crippen LogP contribution in [0.3, 0.4) is 0 Å². The standard InChI is InChI=1S/C22H16N2O/c25-22-18-14-8-7-13-17(18)21-19(22)20(15-9-3-1-4-10-15)23-24(21)16-11-5-2-6-12-16/h1-14,19,21H. The molecule has 3 heteroatoms. The monoisotopic (exact) mass is 324 g/mol. The summed E-state index contributed by atoms with van der Waals surface area (Å²) in [6.07, 6.45) is 0. The Morgan fingerprint density at radius 3 is 2.16 bits per heavy atom. The molecule has 1 aliphatic carbocycles. The van der Waals surface area contributed by atoms with Crippen molar-refractivity contribution in [3.8, 4) is 0 Å². The molecule has 0 spiro atoms. The average molecular weight is 324 g/mol. The second kappa shape index (κ2) is 5.42. The maximum atomic E-state index is 13.1. The second-order valence-electron chi connectivity index (χ2n) is 6.41. The molecule has 3 nitrogen and oxygen atoms in total. The molecular formula is C22H16N2O. The molecule has 0 N–H and O–H groups in total. The van der Waals surface area contributed by atoms with Crippen LogP contribution in [0.1, 0.15) is 27.5 Å². The van der Waals surface area contributed by atoms with E-state index in [9.17, 15) is 4.79 Å². The van der Waals surface area contributed by atoms with Crippen LogP contribution in [0.15, 0.2) is 90.0 Å². The van der Waals surface area contributed by atoms with Crippen LogP contribution in [0.4, 0.5) is 5.69 Å². The average Bonchev–Trinajstić information content (AvgIpc) is 3.21. The summed E-state index contributed by atoms with van der Waals surface area (Å²) in [5.41, 5.74) is 4.76. The Hall–Kier alpha value is -3.20. The van der Waals surface area contributed by atoms with Crippen LogP contribution >= 0.6 is 0 Å². The third kappa shape index (κ3) is 2.06. The number of nitrogens with zero attached hydrogens (tertiary/aromatic N) is 2. The zero-order valence-electron chi connectivity index (χ0n) is 13.5. The Kier molecular flexibility index (Phi) is 3.07. The molecule has 0 amide bonds. The molecule has 2 unspecified atom stereocenters. The van der Waals surface area contributed by atoms with Crippen molar-refractivity contribution in [1.29, 1.82) is 0 Å². The largest absolute Gasteiger partial charge is 0.293 e. The van der Waals surface area contributed by atoms with Gasteiger partial charge in [0.15, 0.2) is 5.78 Å². The molecule has 1 heterocycles. The van der Waals surface area contributed by atoms with E-state index in [1.54, 1.807) is 0 Å². The molecule has 2 aliphatic rings. The van der Waals surface area contributed by atoms with Crippen LogP contribution in [0.25, 0.3) is 0 Å². The molecule has 0 fully saturated rings. The van der Waals surface area contributed by atoms with Gasteiger partial charge in [0.2, 0.25) is 0 Å². The van der Waals surface area contributed by atoms with Crippen molar-refractivity contribution in [3.63, 3.8) is 0 Å². The first-order valence-electron chi connectivity index (χ1n) is 8.46. The van der Waals surface area contributed by atoms with Crippen molar-refractivity contribution in [2.24, 2.45) is 11.0 Å². The molecule has 1 aliphatic heterocycles. The number of carbonyl (C=O) groups excluding carboxylic acids is 1. The fraction of sp³-hybridized carbons (Fsp3) is 0.0909. The minimum Gasteiger partial charge on any atom is -0.293 e. The number of rotatable bonds is 2. The lowest BCUT2D eigenvalue weighted by Crippen LogP contribution is -2.24. The maximum absolute atomic E-state index is 13.1. The fourth-order valence-corrected chi connectivity index (χ4v) is 3.90. The summed E-state index contributed by atoms with van der Waals surface area (Å²) in [5, 5.41) is 6.90. The van der Waals surface area contributed by atoms with Gasteiger partial charge in [0, 0.05) is 5.56 Å². The maximum Gasteiger partial charge on any atom is 0.174 e.